The molecule has 1 aromatic rings. The first-order chi connectivity index (χ1) is 8.66. The number of amides is 2. The van der Waals surface area contributed by atoms with E-state index < -0.39 is 18.0 Å². The maximum Gasteiger partial charge on any atom is 0.534 e. The monoisotopic (exact) mass is 250 g/mol. The van der Waals surface area contributed by atoms with E-state index in [1.54, 1.807) is 18.3 Å². The highest BCUT2D eigenvalue weighted by Crippen LogP contribution is 2.12. The van der Waals surface area contributed by atoms with Gasteiger partial charge in [0.1, 0.15) is 6.61 Å². The van der Waals surface area contributed by atoms with E-state index in [2.05, 4.69) is 9.82 Å². The Balaban J connectivity index is 1.82. The molecule has 2 rings (SSSR count). The number of aromatic nitrogens is 1. The smallest absolute Gasteiger partial charge is 0.428 e. The summed E-state index contributed by atoms with van der Waals surface area (Å²) in [7, 11) is 0. The minimum absolute atomic E-state index is 0.0388. The van der Waals surface area contributed by atoms with Crippen LogP contribution < -0.4 is 0 Å². The number of hydroxylamine groups is 2. The largest absolute Gasteiger partial charge is 0.534 e. The van der Waals surface area contributed by atoms with Gasteiger partial charge in [-0.3, -0.25) is 19.4 Å². The van der Waals surface area contributed by atoms with Crippen molar-refractivity contribution in [3.05, 3.63) is 30.1 Å². The summed E-state index contributed by atoms with van der Waals surface area (Å²) in [5.74, 6) is -1.09. The van der Waals surface area contributed by atoms with E-state index in [4.69, 9.17) is 4.74 Å². The molecule has 1 saturated heterocycles. The molecule has 0 bridgehead atoms. The molecule has 0 spiro atoms. The Morgan fingerprint density at radius 1 is 1.33 bits per heavy atom. The van der Waals surface area contributed by atoms with Gasteiger partial charge in [-0.05, 0) is 6.07 Å². The van der Waals surface area contributed by atoms with Crippen molar-refractivity contribution in [2.24, 2.45) is 0 Å². The molecule has 18 heavy (non-hydrogen) atoms. The fraction of sp³-hybridized carbons (Fsp3) is 0.273. The molecule has 1 aliphatic heterocycles. The summed E-state index contributed by atoms with van der Waals surface area (Å²) in [6.07, 6.45) is 2.12. The number of carbonyl (C=O) groups excluding carboxylic acids is 3. The first-order valence-corrected chi connectivity index (χ1v) is 5.26. The van der Waals surface area contributed by atoms with Crippen molar-refractivity contribution in [2.45, 2.75) is 19.4 Å². The van der Waals surface area contributed by atoms with Gasteiger partial charge in [0.2, 0.25) is 0 Å². The Bertz CT molecular complexity index is 458. The molecule has 1 aromatic heterocycles. The molecule has 7 nitrogen and oxygen atoms in total. The van der Waals surface area contributed by atoms with Crippen LogP contribution in [0.5, 0.6) is 0 Å². The second-order valence-electron chi connectivity index (χ2n) is 3.57. The summed E-state index contributed by atoms with van der Waals surface area (Å²) in [6, 6.07) is 3.41. The average molecular weight is 250 g/mol. The van der Waals surface area contributed by atoms with Gasteiger partial charge in [0.25, 0.3) is 11.8 Å². The first kappa shape index (κ1) is 12.0. The predicted molar refractivity (Wildman–Crippen MR) is 56.6 cm³/mol. The third-order valence-electron chi connectivity index (χ3n) is 2.25. The average Bonchev–Trinajstić information content (AvgIpc) is 2.69. The lowest BCUT2D eigenvalue weighted by molar-refractivity contribution is -0.177. The highest BCUT2D eigenvalue weighted by molar-refractivity contribution is 6.01. The minimum Gasteiger partial charge on any atom is -0.428 e. The molecule has 0 aromatic carbocycles. The lowest BCUT2D eigenvalue weighted by atomic mass is 10.3. The zero-order valence-electron chi connectivity index (χ0n) is 9.37. The van der Waals surface area contributed by atoms with Crippen LogP contribution >= 0.6 is 0 Å². The van der Waals surface area contributed by atoms with Gasteiger partial charge < -0.3 is 4.74 Å². The van der Waals surface area contributed by atoms with E-state index in [-0.39, 0.29) is 19.4 Å². The maximum atomic E-state index is 11.3. The van der Waals surface area contributed by atoms with E-state index in [0.717, 1.165) is 0 Å². The number of hydrogen-bond donors (Lipinski definition) is 0. The number of carbonyl (C=O) groups is 3. The summed E-state index contributed by atoms with van der Waals surface area (Å²) in [4.78, 5) is 41.9. The zero-order valence-corrected chi connectivity index (χ0v) is 9.37. The van der Waals surface area contributed by atoms with Crippen molar-refractivity contribution in [1.82, 2.24) is 10.0 Å². The molecule has 0 unspecified atom stereocenters. The SMILES string of the molecule is O=C(OCc1cccnc1)ON1C(=O)CCC1=O. The highest BCUT2D eigenvalue weighted by atomic mass is 16.8. The van der Waals surface area contributed by atoms with Crippen molar-refractivity contribution in [3.8, 4) is 0 Å². The Morgan fingerprint density at radius 2 is 2.06 bits per heavy atom. The van der Waals surface area contributed by atoms with Gasteiger partial charge >= 0.3 is 6.16 Å². The number of nitrogens with zero attached hydrogens (tertiary/aromatic N) is 2. The number of rotatable bonds is 3. The molecule has 2 amide bonds. The second kappa shape index (κ2) is 5.26. The zero-order chi connectivity index (χ0) is 13.0. The molecular weight excluding hydrogens is 240 g/mol. The van der Waals surface area contributed by atoms with Crippen molar-refractivity contribution < 1.29 is 24.0 Å². The normalized spacial score (nSPS) is 14.8. The lowest BCUT2D eigenvalue weighted by Gasteiger charge is -2.12. The van der Waals surface area contributed by atoms with Crippen LogP contribution in [-0.4, -0.2) is 28.0 Å². The van der Waals surface area contributed by atoms with E-state index >= 15 is 0 Å². The summed E-state index contributed by atoms with van der Waals surface area (Å²) in [5, 5.41) is 0.436. The van der Waals surface area contributed by atoms with Crippen LogP contribution in [0.15, 0.2) is 24.5 Å². The molecule has 0 N–H and O–H groups in total. The molecule has 0 saturated carbocycles. The third-order valence-corrected chi connectivity index (χ3v) is 2.25. The summed E-state index contributed by atoms with van der Waals surface area (Å²) in [6.45, 7) is -0.0388. The second-order valence-corrected chi connectivity index (χ2v) is 3.57. The predicted octanol–water partition coefficient (Wildman–Crippen LogP) is 0.799. The Kier molecular flexibility index (Phi) is 3.52. The van der Waals surface area contributed by atoms with Crippen molar-refractivity contribution in [1.29, 1.82) is 0 Å². The number of imide groups is 1. The molecule has 1 fully saturated rings. The molecule has 2 heterocycles. The molecule has 0 atom stereocenters. The van der Waals surface area contributed by atoms with Gasteiger partial charge in [-0.15, -0.1) is 0 Å². The summed E-state index contributed by atoms with van der Waals surface area (Å²) < 4.78 is 4.74. The van der Waals surface area contributed by atoms with E-state index in [9.17, 15) is 14.4 Å². The topological polar surface area (TPSA) is 85.8 Å². The first-order valence-electron chi connectivity index (χ1n) is 5.26. The Morgan fingerprint density at radius 3 is 2.67 bits per heavy atom. The highest BCUT2D eigenvalue weighted by Gasteiger charge is 2.33. The molecule has 94 valence electrons. The van der Waals surface area contributed by atoms with Gasteiger partial charge in [-0.2, -0.15) is 0 Å². The summed E-state index contributed by atoms with van der Waals surface area (Å²) >= 11 is 0. The fourth-order valence-corrected chi connectivity index (χ4v) is 1.38. The molecule has 0 aliphatic carbocycles. The Labute approximate surface area is 102 Å². The van der Waals surface area contributed by atoms with Crippen LogP contribution in [0, 0.1) is 0 Å². The standard InChI is InChI=1S/C11H10N2O5/c14-9-3-4-10(15)13(9)18-11(16)17-7-8-2-1-5-12-6-8/h1-2,5-6H,3-4,7H2. The van der Waals surface area contributed by atoms with Crippen molar-refractivity contribution in [3.63, 3.8) is 0 Å². The molecule has 0 radical (unpaired) electrons. The fourth-order valence-electron chi connectivity index (χ4n) is 1.38. The number of ether oxygens (including phenoxy) is 1. The van der Waals surface area contributed by atoms with Gasteiger partial charge in [-0.1, -0.05) is 11.1 Å². The van der Waals surface area contributed by atoms with Crippen LogP contribution in [-0.2, 0) is 25.8 Å². The van der Waals surface area contributed by atoms with Gasteiger partial charge in [0, 0.05) is 30.8 Å². The minimum atomic E-state index is -1.09. The summed E-state index contributed by atoms with van der Waals surface area (Å²) in [5.41, 5.74) is 0.675. The van der Waals surface area contributed by atoms with Crippen LogP contribution in [0.25, 0.3) is 0 Å². The lowest BCUT2D eigenvalue weighted by Crippen LogP contribution is -2.32. The van der Waals surface area contributed by atoms with Gasteiger partial charge in [0.15, 0.2) is 0 Å². The van der Waals surface area contributed by atoms with E-state index in [1.807, 2.05) is 0 Å². The third kappa shape index (κ3) is 2.82. The van der Waals surface area contributed by atoms with Crippen LogP contribution in [0.1, 0.15) is 18.4 Å². The Hall–Kier alpha value is -2.44. The number of pyridine rings is 1. The number of hydrogen-bond acceptors (Lipinski definition) is 6. The van der Waals surface area contributed by atoms with Crippen molar-refractivity contribution >= 4 is 18.0 Å². The molecule has 1 aliphatic rings. The quantitative estimate of drug-likeness (QED) is 0.582. The van der Waals surface area contributed by atoms with E-state index in [0.29, 0.717) is 10.6 Å². The molecule has 7 heteroatoms. The van der Waals surface area contributed by atoms with Gasteiger partial charge in [0.05, 0.1) is 0 Å². The van der Waals surface area contributed by atoms with Crippen molar-refractivity contribution in [2.75, 3.05) is 0 Å². The van der Waals surface area contributed by atoms with Crippen LogP contribution in [0.4, 0.5) is 4.79 Å². The van der Waals surface area contributed by atoms with E-state index in [1.165, 1.54) is 6.20 Å². The van der Waals surface area contributed by atoms with Crippen LogP contribution in [0.3, 0.4) is 0 Å². The maximum absolute atomic E-state index is 11.3. The van der Waals surface area contributed by atoms with Gasteiger partial charge in [-0.25, -0.2) is 4.79 Å². The molecular formula is C11H10N2O5. The van der Waals surface area contributed by atoms with Crippen LogP contribution in [0.2, 0.25) is 0 Å².